The quantitative estimate of drug-likeness (QED) is 0.582. The SMILES string of the molecule is CC1=CC=C(C(C)(C)C2=CCC(C)(C)C=C2)C(C)C1. The Hall–Kier alpha value is -1.04. The van der Waals surface area contributed by atoms with Crippen LogP contribution in [0.1, 0.15) is 54.4 Å². The molecule has 0 heteroatoms. The summed E-state index contributed by atoms with van der Waals surface area (Å²) in [6, 6.07) is 0. The van der Waals surface area contributed by atoms with Crippen molar-refractivity contribution in [1.82, 2.24) is 0 Å². The van der Waals surface area contributed by atoms with Crippen LogP contribution in [-0.4, -0.2) is 0 Å². The zero-order valence-electron chi connectivity index (χ0n) is 13.4. The van der Waals surface area contributed by atoms with Gasteiger partial charge < -0.3 is 0 Å². The number of allylic oxidation sites excluding steroid dienone is 8. The Morgan fingerprint density at radius 1 is 1.21 bits per heavy atom. The highest BCUT2D eigenvalue weighted by atomic mass is 14.4. The first kappa shape index (κ1) is 14.4. The first-order chi connectivity index (χ1) is 8.72. The maximum Gasteiger partial charge on any atom is 0.0108 e. The van der Waals surface area contributed by atoms with Crippen LogP contribution in [0.4, 0.5) is 0 Å². The van der Waals surface area contributed by atoms with Crippen LogP contribution < -0.4 is 0 Å². The standard InChI is InChI=1S/C19H28/c1-14-7-8-17(15(2)13-14)19(5,6)16-9-11-18(3,4)12-10-16/h7-11,15H,12-13H2,1-6H3. The molecule has 2 rings (SSSR count). The number of hydrogen-bond donors (Lipinski definition) is 0. The molecule has 0 radical (unpaired) electrons. The van der Waals surface area contributed by atoms with Crippen molar-refractivity contribution in [2.24, 2.45) is 16.7 Å². The van der Waals surface area contributed by atoms with Gasteiger partial charge in [0.15, 0.2) is 0 Å². The minimum absolute atomic E-state index is 0.156. The van der Waals surface area contributed by atoms with Crippen molar-refractivity contribution >= 4 is 0 Å². The molecule has 2 aliphatic carbocycles. The zero-order valence-corrected chi connectivity index (χ0v) is 13.4. The second kappa shape index (κ2) is 4.81. The molecular formula is C19H28. The van der Waals surface area contributed by atoms with E-state index in [4.69, 9.17) is 0 Å². The van der Waals surface area contributed by atoms with E-state index in [1.807, 2.05) is 0 Å². The van der Waals surface area contributed by atoms with E-state index in [1.165, 1.54) is 17.6 Å². The Bertz CT molecular complexity index is 478. The summed E-state index contributed by atoms with van der Waals surface area (Å²) in [6.45, 7) is 14.0. The minimum Gasteiger partial charge on any atom is -0.0796 e. The van der Waals surface area contributed by atoms with Crippen molar-refractivity contribution < 1.29 is 0 Å². The van der Waals surface area contributed by atoms with Gasteiger partial charge >= 0.3 is 0 Å². The lowest BCUT2D eigenvalue weighted by Crippen LogP contribution is -2.25. The average Bonchev–Trinajstić information content (AvgIpc) is 2.27. The molecule has 0 aromatic rings. The van der Waals surface area contributed by atoms with Gasteiger partial charge in [-0.05, 0) is 36.7 Å². The molecule has 0 saturated carbocycles. The normalized spacial score (nSPS) is 26.6. The fraction of sp³-hybridized carbons (Fsp3) is 0.579. The van der Waals surface area contributed by atoms with Crippen molar-refractivity contribution in [3.05, 3.63) is 47.1 Å². The first-order valence-electron chi connectivity index (χ1n) is 7.50. The van der Waals surface area contributed by atoms with Gasteiger partial charge in [-0.1, -0.05) is 76.1 Å². The number of hydrogen-bond acceptors (Lipinski definition) is 0. The van der Waals surface area contributed by atoms with Gasteiger partial charge in [-0.2, -0.15) is 0 Å². The van der Waals surface area contributed by atoms with Gasteiger partial charge in [0.05, 0.1) is 0 Å². The molecule has 2 aliphatic rings. The summed E-state index contributed by atoms with van der Waals surface area (Å²) in [5.41, 5.74) is 5.04. The molecule has 1 atom stereocenters. The fourth-order valence-electron chi connectivity index (χ4n) is 3.34. The van der Waals surface area contributed by atoms with Gasteiger partial charge in [0, 0.05) is 5.41 Å². The van der Waals surface area contributed by atoms with Crippen molar-refractivity contribution in [2.75, 3.05) is 0 Å². The highest BCUT2D eigenvalue weighted by Gasteiger charge is 2.32. The van der Waals surface area contributed by atoms with E-state index >= 15 is 0 Å². The lowest BCUT2D eigenvalue weighted by Gasteiger charge is -2.37. The summed E-state index contributed by atoms with van der Waals surface area (Å²) in [6.07, 6.45) is 14.2. The third-order valence-corrected chi connectivity index (χ3v) is 4.71. The van der Waals surface area contributed by atoms with Crippen LogP contribution in [0.2, 0.25) is 0 Å². The third-order valence-electron chi connectivity index (χ3n) is 4.71. The van der Waals surface area contributed by atoms with Crippen LogP contribution in [0.15, 0.2) is 47.1 Å². The molecule has 0 heterocycles. The molecular weight excluding hydrogens is 228 g/mol. The average molecular weight is 256 g/mol. The molecule has 19 heavy (non-hydrogen) atoms. The molecule has 104 valence electrons. The molecule has 0 amide bonds. The maximum absolute atomic E-state index is 2.44. The summed E-state index contributed by atoms with van der Waals surface area (Å²) in [7, 11) is 0. The van der Waals surface area contributed by atoms with Crippen LogP contribution in [0.25, 0.3) is 0 Å². The van der Waals surface area contributed by atoms with Crippen LogP contribution in [0, 0.1) is 16.7 Å². The summed E-state index contributed by atoms with van der Waals surface area (Å²) in [4.78, 5) is 0. The van der Waals surface area contributed by atoms with Crippen LogP contribution >= 0.6 is 0 Å². The van der Waals surface area contributed by atoms with Gasteiger partial charge in [0.1, 0.15) is 0 Å². The largest absolute Gasteiger partial charge is 0.0796 e. The van der Waals surface area contributed by atoms with E-state index in [0.29, 0.717) is 11.3 Å². The zero-order chi connectivity index (χ0) is 14.3. The van der Waals surface area contributed by atoms with Crippen LogP contribution in [0.5, 0.6) is 0 Å². The Morgan fingerprint density at radius 2 is 1.89 bits per heavy atom. The van der Waals surface area contributed by atoms with Crippen molar-refractivity contribution in [3.63, 3.8) is 0 Å². The fourth-order valence-corrected chi connectivity index (χ4v) is 3.34. The summed E-state index contributed by atoms with van der Waals surface area (Å²) in [5, 5.41) is 0. The molecule has 0 nitrogen and oxygen atoms in total. The summed E-state index contributed by atoms with van der Waals surface area (Å²) < 4.78 is 0. The minimum atomic E-state index is 0.156. The third kappa shape index (κ3) is 2.94. The molecule has 0 aromatic carbocycles. The first-order valence-corrected chi connectivity index (χ1v) is 7.50. The van der Waals surface area contributed by atoms with E-state index in [2.05, 4.69) is 71.9 Å². The van der Waals surface area contributed by atoms with Gasteiger partial charge in [0.25, 0.3) is 0 Å². The predicted octanol–water partition coefficient (Wildman–Crippen LogP) is 5.84. The molecule has 1 unspecified atom stereocenters. The molecule has 0 aliphatic heterocycles. The van der Waals surface area contributed by atoms with E-state index in [9.17, 15) is 0 Å². The Kier molecular flexibility index (Phi) is 3.64. The molecule has 0 saturated heterocycles. The van der Waals surface area contributed by atoms with Crippen molar-refractivity contribution in [2.45, 2.75) is 54.4 Å². The lowest BCUT2D eigenvalue weighted by molar-refractivity contribution is 0.436. The highest BCUT2D eigenvalue weighted by molar-refractivity contribution is 5.41. The smallest absolute Gasteiger partial charge is 0.0108 e. The van der Waals surface area contributed by atoms with E-state index in [-0.39, 0.29) is 5.41 Å². The second-order valence-electron chi connectivity index (χ2n) is 7.55. The van der Waals surface area contributed by atoms with E-state index < -0.39 is 0 Å². The molecule has 0 bridgehead atoms. The Labute approximate surface area is 119 Å². The predicted molar refractivity (Wildman–Crippen MR) is 85.0 cm³/mol. The topological polar surface area (TPSA) is 0 Å². The maximum atomic E-state index is 2.44. The molecule has 0 aromatic heterocycles. The highest BCUT2D eigenvalue weighted by Crippen LogP contribution is 2.45. The summed E-state index contributed by atoms with van der Waals surface area (Å²) >= 11 is 0. The molecule has 0 N–H and O–H groups in total. The lowest BCUT2D eigenvalue weighted by atomic mass is 9.67. The second-order valence-corrected chi connectivity index (χ2v) is 7.55. The monoisotopic (exact) mass is 256 g/mol. The molecule has 0 spiro atoms. The van der Waals surface area contributed by atoms with E-state index in [0.717, 1.165) is 6.42 Å². The molecule has 0 fully saturated rings. The van der Waals surface area contributed by atoms with E-state index in [1.54, 1.807) is 5.57 Å². The summed E-state index contributed by atoms with van der Waals surface area (Å²) in [5.74, 6) is 0.657. The number of rotatable bonds is 2. The van der Waals surface area contributed by atoms with Crippen molar-refractivity contribution in [3.8, 4) is 0 Å². The van der Waals surface area contributed by atoms with Gasteiger partial charge in [0.2, 0.25) is 0 Å². The van der Waals surface area contributed by atoms with Crippen LogP contribution in [0.3, 0.4) is 0 Å². The van der Waals surface area contributed by atoms with Crippen molar-refractivity contribution in [1.29, 1.82) is 0 Å². The Morgan fingerprint density at radius 3 is 2.42 bits per heavy atom. The van der Waals surface area contributed by atoms with Gasteiger partial charge in [-0.3, -0.25) is 0 Å². The van der Waals surface area contributed by atoms with Crippen LogP contribution in [-0.2, 0) is 0 Å². The van der Waals surface area contributed by atoms with Gasteiger partial charge in [-0.15, -0.1) is 0 Å². The Balaban J connectivity index is 2.29. The van der Waals surface area contributed by atoms with Gasteiger partial charge in [-0.25, -0.2) is 0 Å².